The first-order valence-electron chi connectivity index (χ1n) is 6.26. The number of halogens is 4. The van der Waals surface area contributed by atoms with Gasteiger partial charge in [-0.15, -0.1) is 0 Å². The van der Waals surface area contributed by atoms with E-state index in [9.17, 15) is 13.2 Å². The standard InChI is InChI=1S/C13H16BrF3N2/c14-11-2-1-9(15)7-10(11)12(8-13(16)17)19-5-3-18-4-6-19/h1-2,7,12-13,18H,3-6,8H2/t12-/m1/s1. The van der Waals surface area contributed by atoms with E-state index < -0.39 is 18.3 Å². The zero-order chi connectivity index (χ0) is 13.8. The Kier molecular flexibility index (Phi) is 5.24. The summed E-state index contributed by atoms with van der Waals surface area (Å²) in [6.07, 6.45) is -2.68. The number of hydrogen-bond donors (Lipinski definition) is 1. The minimum Gasteiger partial charge on any atom is -0.314 e. The van der Waals surface area contributed by atoms with Gasteiger partial charge in [0.1, 0.15) is 5.82 Å². The van der Waals surface area contributed by atoms with Crippen LogP contribution in [0.25, 0.3) is 0 Å². The molecule has 2 rings (SSSR count). The van der Waals surface area contributed by atoms with Crippen LogP contribution in [0.1, 0.15) is 18.0 Å². The second kappa shape index (κ2) is 6.72. The summed E-state index contributed by atoms with van der Waals surface area (Å²) >= 11 is 3.33. The van der Waals surface area contributed by atoms with Crippen LogP contribution in [0.5, 0.6) is 0 Å². The minimum atomic E-state index is -2.41. The molecule has 1 aromatic carbocycles. The van der Waals surface area contributed by atoms with Crippen molar-refractivity contribution in [2.75, 3.05) is 26.2 Å². The Balaban J connectivity index is 2.27. The fraction of sp³-hybridized carbons (Fsp3) is 0.538. The number of piperazine rings is 1. The smallest absolute Gasteiger partial charge is 0.240 e. The van der Waals surface area contributed by atoms with E-state index in [-0.39, 0.29) is 6.42 Å². The molecule has 1 saturated heterocycles. The quantitative estimate of drug-likeness (QED) is 0.908. The van der Waals surface area contributed by atoms with Crippen molar-refractivity contribution in [1.82, 2.24) is 10.2 Å². The van der Waals surface area contributed by atoms with Crippen molar-refractivity contribution in [2.24, 2.45) is 0 Å². The molecule has 0 radical (unpaired) electrons. The lowest BCUT2D eigenvalue weighted by Gasteiger charge is -2.35. The first-order chi connectivity index (χ1) is 9.08. The summed E-state index contributed by atoms with van der Waals surface area (Å²) in [7, 11) is 0. The molecular formula is C13H16BrF3N2. The monoisotopic (exact) mass is 336 g/mol. The zero-order valence-corrected chi connectivity index (χ0v) is 12.0. The van der Waals surface area contributed by atoms with Gasteiger partial charge in [0, 0.05) is 43.1 Å². The molecule has 1 aliphatic rings. The van der Waals surface area contributed by atoms with Crippen LogP contribution >= 0.6 is 15.9 Å². The molecule has 1 aliphatic heterocycles. The molecule has 0 aromatic heterocycles. The summed E-state index contributed by atoms with van der Waals surface area (Å²) in [4.78, 5) is 1.99. The summed E-state index contributed by atoms with van der Waals surface area (Å²) in [6.45, 7) is 2.93. The van der Waals surface area contributed by atoms with Crippen LogP contribution in [0.3, 0.4) is 0 Å². The van der Waals surface area contributed by atoms with Gasteiger partial charge in [0.15, 0.2) is 0 Å². The lowest BCUT2D eigenvalue weighted by molar-refractivity contribution is 0.0735. The van der Waals surface area contributed by atoms with Crippen molar-refractivity contribution in [1.29, 1.82) is 0 Å². The molecule has 1 aromatic rings. The van der Waals surface area contributed by atoms with Crippen LogP contribution in [0.15, 0.2) is 22.7 Å². The van der Waals surface area contributed by atoms with Gasteiger partial charge in [0.2, 0.25) is 6.43 Å². The fourth-order valence-corrected chi connectivity index (χ4v) is 2.92. The van der Waals surface area contributed by atoms with Gasteiger partial charge < -0.3 is 5.32 Å². The molecule has 0 spiro atoms. The van der Waals surface area contributed by atoms with Gasteiger partial charge in [-0.25, -0.2) is 13.2 Å². The number of alkyl halides is 2. The Hall–Kier alpha value is -0.590. The summed E-state index contributed by atoms with van der Waals surface area (Å²) in [5, 5.41) is 3.19. The van der Waals surface area contributed by atoms with Crippen LogP contribution < -0.4 is 5.32 Å². The maximum absolute atomic E-state index is 13.4. The maximum Gasteiger partial charge on any atom is 0.240 e. The van der Waals surface area contributed by atoms with Gasteiger partial charge in [-0.2, -0.15) is 0 Å². The summed E-state index contributed by atoms with van der Waals surface area (Å²) < 4.78 is 39.7. The zero-order valence-electron chi connectivity index (χ0n) is 10.4. The molecule has 19 heavy (non-hydrogen) atoms. The molecule has 0 saturated carbocycles. The first-order valence-corrected chi connectivity index (χ1v) is 7.05. The van der Waals surface area contributed by atoms with Gasteiger partial charge in [0.05, 0.1) is 0 Å². The molecule has 6 heteroatoms. The van der Waals surface area contributed by atoms with Crippen molar-refractivity contribution in [3.63, 3.8) is 0 Å². The molecule has 106 valence electrons. The highest BCUT2D eigenvalue weighted by molar-refractivity contribution is 9.10. The van der Waals surface area contributed by atoms with Crippen LogP contribution in [-0.4, -0.2) is 37.5 Å². The van der Waals surface area contributed by atoms with Gasteiger partial charge in [0.25, 0.3) is 0 Å². The highest BCUT2D eigenvalue weighted by Crippen LogP contribution is 2.33. The Morgan fingerprint density at radius 2 is 1.95 bits per heavy atom. The molecule has 0 amide bonds. The number of benzene rings is 1. The number of nitrogens with one attached hydrogen (secondary N) is 1. The topological polar surface area (TPSA) is 15.3 Å². The van der Waals surface area contributed by atoms with E-state index in [2.05, 4.69) is 21.2 Å². The van der Waals surface area contributed by atoms with Crippen molar-refractivity contribution in [2.45, 2.75) is 18.9 Å². The average Bonchev–Trinajstić information content (AvgIpc) is 2.40. The molecule has 1 fully saturated rings. The molecule has 0 bridgehead atoms. The fourth-order valence-electron chi connectivity index (χ4n) is 2.41. The van der Waals surface area contributed by atoms with E-state index in [4.69, 9.17) is 0 Å². The highest BCUT2D eigenvalue weighted by Gasteiger charge is 2.27. The number of rotatable bonds is 4. The SMILES string of the molecule is Fc1ccc(Br)c([C@@H](CC(F)F)N2CCNCC2)c1. The second-order valence-corrected chi connectivity index (χ2v) is 5.45. The average molecular weight is 337 g/mol. The van der Waals surface area contributed by atoms with Crippen LogP contribution in [-0.2, 0) is 0 Å². The normalized spacial score (nSPS) is 18.8. The number of nitrogens with zero attached hydrogens (tertiary/aromatic N) is 1. The molecule has 1 atom stereocenters. The first kappa shape index (κ1) is 14.8. The number of hydrogen-bond acceptors (Lipinski definition) is 2. The van der Waals surface area contributed by atoms with E-state index >= 15 is 0 Å². The van der Waals surface area contributed by atoms with Crippen LogP contribution in [0, 0.1) is 5.82 Å². The predicted molar refractivity (Wildman–Crippen MR) is 71.9 cm³/mol. The summed E-state index contributed by atoms with van der Waals surface area (Å²) in [5.74, 6) is -0.396. The van der Waals surface area contributed by atoms with Crippen LogP contribution in [0.2, 0.25) is 0 Å². The molecule has 0 unspecified atom stereocenters. The van der Waals surface area contributed by atoms with Gasteiger partial charge in [-0.3, -0.25) is 4.90 Å². The Morgan fingerprint density at radius 1 is 1.26 bits per heavy atom. The molecule has 0 aliphatic carbocycles. The Morgan fingerprint density at radius 3 is 2.58 bits per heavy atom. The lowest BCUT2D eigenvalue weighted by atomic mass is 10.0. The van der Waals surface area contributed by atoms with E-state index in [1.54, 1.807) is 6.07 Å². The van der Waals surface area contributed by atoms with E-state index in [1.165, 1.54) is 12.1 Å². The minimum absolute atomic E-state index is 0.276. The third-order valence-corrected chi connectivity index (χ3v) is 4.03. The molecule has 2 nitrogen and oxygen atoms in total. The van der Waals surface area contributed by atoms with Gasteiger partial charge >= 0.3 is 0 Å². The van der Waals surface area contributed by atoms with Crippen molar-refractivity contribution >= 4 is 15.9 Å². The largest absolute Gasteiger partial charge is 0.314 e. The highest BCUT2D eigenvalue weighted by atomic mass is 79.9. The van der Waals surface area contributed by atoms with Crippen molar-refractivity contribution < 1.29 is 13.2 Å². The second-order valence-electron chi connectivity index (χ2n) is 4.59. The maximum atomic E-state index is 13.4. The summed E-state index contributed by atoms with van der Waals surface area (Å²) in [6, 6.07) is 3.79. The summed E-state index contributed by atoms with van der Waals surface area (Å²) in [5.41, 5.74) is 0.599. The van der Waals surface area contributed by atoms with Gasteiger partial charge in [-0.1, -0.05) is 15.9 Å². The predicted octanol–water partition coefficient (Wildman–Crippen LogP) is 3.19. The molecular weight excluding hydrogens is 321 g/mol. The molecule has 1 heterocycles. The third kappa shape index (κ3) is 3.94. The van der Waals surface area contributed by atoms with E-state index in [0.29, 0.717) is 23.1 Å². The van der Waals surface area contributed by atoms with E-state index in [1.807, 2.05) is 4.90 Å². The van der Waals surface area contributed by atoms with E-state index in [0.717, 1.165) is 13.1 Å². The van der Waals surface area contributed by atoms with Gasteiger partial charge in [-0.05, 0) is 23.8 Å². The Labute approximate surface area is 119 Å². The van der Waals surface area contributed by atoms with Crippen molar-refractivity contribution in [3.8, 4) is 0 Å². The van der Waals surface area contributed by atoms with Crippen LogP contribution in [0.4, 0.5) is 13.2 Å². The third-order valence-electron chi connectivity index (χ3n) is 3.31. The Bertz CT molecular complexity index is 422. The lowest BCUT2D eigenvalue weighted by Crippen LogP contribution is -2.45. The van der Waals surface area contributed by atoms with Crippen molar-refractivity contribution in [3.05, 3.63) is 34.1 Å². The molecule has 1 N–H and O–H groups in total.